The monoisotopic (exact) mass is 355 g/mol. The molecule has 3 N–H and O–H groups in total. The Labute approximate surface area is 135 Å². The second-order valence-electron chi connectivity index (χ2n) is 7.09. The molecule has 1 saturated carbocycles. The van der Waals surface area contributed by atoms with Gasteiger partial charge in [-0.05, 0) is 48.8 Å². The zero-order valence-electron chi connectivity index (χ0n) is 12.9. The van der Waals surface area contributed by atoms with Gasteiger partial charge >= 0.3 is 0 Å². The van der Waals surface area contributed by atoms with Crippen LogP contribution in [0.5, 0.6) is 0 Å². The Hall–Kier alpha value is -0.420. The number of hydrogen-bond donors (Lipinski definition) is 3. The molecule has 1 atom stereocenters. The Morgan fingerprint density at radius 3 is 2.52 bits per heavy atom. The van der Waals surface area contributed by atoms with Gasteiger partial charge in [0.15, 0.2) is 0 Å². The van der Waals surface area contributed by atoms with Gasteiger partial charge in [-0.15, -0.1) is 0 Å². The van der Waals surface area contributed by atoms with Crippen LogP contribution in [0.15, 0.2) is 28.7 Å². The lowest BCUT2D eigenvalue weighted by molar-refractivity contribution is -0.0258. The van der Waals surface area contributed by atoms with Crippen molar-refractivity contribution < 1.29 is 10.2 Å². The largest absolute Gasteiger partial charge is 0.389 e. The zero-order chi connectivity index (χ0) is 15.5. The fraction of sp³-hybridized carbons (Fsp3) is 0.647. The van der Waals surface area contributed by atoms with E-state index in [0.29, 0.717) is 18.5 Å². The third-order valence-electron chi connectivity index (χ3n) is 4.56. The molecule has 1 aliphatic rings. The van der Waals surface area contributed by atoms with Gasteiger partial charge < -0.3 is 15.5 Å². The standard InChI is InChI=1S/C17H26BrNO2/c1-16(2)6-8-17(21,9-7-16)12-19-11-15(20)13-4-3-5-14(18)10-13/h3-5,10,15,19-21H,6-9,11-12H2,1-2H3. The maximum atomic E-state index is 10.6. The van der Waals surface area contributed by atoms with Crippen molar-refractivity contribution in [3.8, 4) is 0 Å². The molecule has 3 nitrogen and oxygen atoms in total. The Bertz CT molecular complexity index is 466. The highest BCUT2D eigenvalue weighted by Crippen LogP contribution is 2.39. The van der Waals surface area contributed by atoms with E-state index in [1.165, 1.54) is 0 Å². The Morgan fingerprint density at radius 1 is 1.24 bits per heavy atom. The Balaban J connectivity index is 1.79. The molecule has 1 aromatic rings. The van der Waals surface area contributed by atoms with Crippen molar-refractivity contribution in [1.29, 1.82) is 0 Å². The molecule has 0 bridgehead atoms. The van der Waals surface area contributed by atoms with E-state index >= 15 is 0 Å². The van der Waals surface area contributed by atoms with Gasteiger partial charge in [0.05, 0.1) is 11.7 Å². The number of benzene rings is 1. The number of aliphatic hydroxyl groups excluding tert-OH is 1. The van der Waals surface area contributed by atoms with Crippen molar-refractivity contribution in [2.24, 2.45) is 5.41 Å². The number of aliphatic hydroxyl groups is 2. The minimum Gasteiger partial charge on any atom is -0.389 e. The average Bonchev–Trinajstić information content (AvgIpc) is 2.43. The quantitative estimate of drug-likeness (QED) is 0.758. The number of hydrogen-bond acceptors (Lipinski definition) is 3. The van der Waals surface area contributed by atoms with Crippen molar-refractivity contribution in [1.82, 2.24) is 5.32 Å². The van der Waals surface area contributed by atoms with E-state index in [0.717, 1.165) is 35.7 Å². The summed E-state index contributed by atoms with van der Waals surface area (Å²) in [5.74, 6) is 0. The first-order chi connectivity index (χ1) is 9.80. The van der Waals surface area contributed by atoms with Crippen LogP contribution in [-0.4, -0.2) is 28.9 Å². The van der Waals surface area contributed by atoms with Crippen LogP contribution in [0.3, 0.4) is 0 Å². The van der Waals surface area contributed by atoms with Crippen molar-refractivity contribution in [2.45, 2.75) is 51.2 Å². The second kappa shape index (κ2) is 6.78. The van der Waals surface area contributed by atoms with Crippen molar-refractivity contribution in [3.63, 3.8) is 0 Å². The molecular weight excluding hydrogens is 330 g/mol. The summed E-state index contributed by atoms with van der Waals surface area (Å²) in [7, 11) is 0. The van der Waals surface area contributed by atoms with Crippen LogP contribution in [0.1, 0.15) is 51.2 Å². The highest BCUT2D eigenvalue weighted by atomic mass is 79.9. The Morgan fingerprint density at radius 2 is 1.90 bits per heavy atom. The van der Waals surface area contributed by atoms with E-state index in [1.807, 2.05) is 24.3 Å². The highest BCUT2D eigenvalue weighted by molar-refractivity contribution is 9.10. The Kier molecular flexibility index (Phi) is 5.47. The smallest absolute Gasteiger partial charge is 0.0914 e. The zero-order valence-corrected chi connectivity index (χ0v) is 14.5. The summed E-state index contributed by atoms with van der Waals surface area (Å²) in [6.45, 7) is 5.53. The fourth-order valence-electron chi connectivity index (χ4n) is 2.84. The molecule has 0 aliphatic heterocycles. The maximum absolute atomic E-state index is 10.6. The predicted octanol–water partition coefficient (Wildman–Crippen LogP) is 3.40. The molecule has 1 fully saturated rings. The minimum atomic E-state index is -0.619. The topological polar surface area (TPSA) is 52.5 Å². The molecule has 21 heavy (non-hydrogen) atoms. The van der Waals surface area contributed by atoms with E-state index in [4.69, 9.17) is 0 Å². The third-order valence-corrected chi connectivity index (χ3v) is 5.05. The highest BCUT2D eigenvalue weighted by Gasteiger charge is 2.36. The number of halogens is 1. The molecule has 0 heterocycles. The molecule has 2 rings (SSSR count). The molecule has 0 amide bonds. The van der Waals surface area contributed by atoms with Gasteiger partial charge in [-0.2, -0.15) is 0 Å². The summed E-state index contributed by atoms with van der Waals surface area (Å²) < 4.78 is 0.965. The van der Waals surface area contributed by atoms with Crippen LogP contribution in [0.2, 0.25) is 0 Å². The van der Waals surface area contributed by atoms with E-state index in [9.17, 15) is 10.2 Å². The van der Waals surface area contributed by atoms with E-state index in [2.05, 4.69) is 35.1 Å². The molecule has 1 aliphatic carbocycles. The molecule has 1 aromatic carbocycles. The molecule has 0 aromatic heterocycles. The summed E-state index contributed by atoms with van der Waals surface area (Å²) >= 11 is 3.41. The molecule has 0 saturated heterocycles. The van der Waals surface area contributed by atoms with Gasteiger partial charge in [-0.25, -0.2) is 0 Å². The third kappa shape index (κ3) is 5.06. The van der Waals surface area contributed by atoms with Crippen LogP contribution < -0.4 is 5.32 Å². The number of rotatable bonds is 5. The van der Waals surface area contributed by atoms with Gasteiger partial charge in [0.25, 0.3) is 0 Å². The van der Waals surface area contributed by atoms with Gasteiger partial charge in [-0.3, -0.25) is 0 Å². The fourth-order valence-corrected chi connectivity index (χ4v) is 3.26. The van der Waals surface area contributed by atoms with E-state index in [1.54, 1.807) is 0 Å². The van der Waals surface area contributed by atoms with E-state index < -0.39 is 11.7 Å². The molecule has 4 heteroatoms. The van der Waals surface area contributed by atoms with Crippen molar-refractivity contribution in [2.75, 3.05) is 13.1 Å². The molecule has 0 radical (unpaired) electrons. The van der Waals surface area contributed by atoms with Crippen LogP contribution in [0, 0.1) is 5.41 Å². The van der Waals surface area contributed by atoms with Crippen LogP contribution in [-0.2, 0) is 0 Å². The summed E-state index contributed by atoms with van der Waals surface area (Å²) in [6, 6.07) is 7.69. The van der Waals surface area contributed by atoms with Crippen molar-refractivity contribution in [3.05, 3.63) is 34.3 Å². The van der Waals surface area contributed by atoms with Gasteiger partial charge in [0, 0.05) is 17.6 Å². The van der Waals surface area contributed by atoms with E-state index in [-0.39, 0.29) is 0 Å². The molecule has 1 unspecified atom stereocenters. The summed E-state index contributed by atoms with van der Waals surface area (Å²) in [6.07, 6.45) is 3.23. The van der Waals surface area contributed by atoms with Gasteiger partial charge in [0.2, 0.25) is 0 Å². The predicted molar refractivity (Wildman–Crippen MR) is 89.2 cm³/mol. The SMILES string of the molecule is CC1(C)CCC(O)(CNCC(O)c2cccc(Br)c2)CC1. The van der Waals surface area contributed by atoms with Gasteiger partial charge in [-0.1, -0.05) is 41.9 Å². The molecular formula is C17H26BrNO2. The van der Waals surface area contributed by atoms with Crippen LogP contribution in [0.25, 0.3) is 0 Å². The summed E-state index contributed by atoms with van der Waals surface area (Å²) in [4.78, 5) is 0. The minimum absolute atomic E-state index is 0.349. The van der Waals surface area contributed by atoms with Crippen LogP contribution in [0.4, 0.5) is 0 Å². The molecule has 0 spiro atoms. The molecule has 118 valence electrons. The first-order valence-electron chi connectivity index (χ1n) is 7.66. The van der Waals surface area contributed by atoms with Crippen LogP contribution >= 0.6 is 15.9 Å². The van der Waals surface area contributed by atoms with Gasteiger partial charge in [0.1, 0.15) is 0 Å². The lowest BCUT2D eigenvalue weighted by Crippen LogP contribution is -2.45. The second-order valence-corrected chi connectivity index (χ2v) is 8.01. The summed E-state index contributed by atoms with van der Waals surface area (Å²) in [5, 5.41) is 24.0. The number of nitrogens with one attached hydrogen (secondary N) is 1. The first kappa shape index (κ1) is 16.9. The maximum Gasteiger partial charge on any atom is 0.0914 e. The first-order valence-corrected chi connectivity index (χ1v) is 8.46. The van der Waals surface area contributed by atoms with Crippen molar-refractivity contribution >= 4 is 15.9 Å². The average molecular weight is 356 g/mol. The normalized spacial score (nSPS) is 22.0. The lowest BCUT2D eigenvalue weighted by atomic mass is 9.71. The summed E-state index contributed by atoms with van der Waals surface area (Å²) in [5.41, 5.74) is 0.614. The lowest BCUT2D eigenvalue weighted by Gasteiger charge is -2.40.